The van der Waals surface area contributed by atoms with Crippen LogP contribution in [0.3, 0.4) is 0 Å². The van der Waals surface area contributed by atoms with Crippen LogP contribution in [-0.4, -0.2) is 28.5 Å². The third kappa shape index (κ3) is 5.71. The monoisotopic (exact) mass is 397 g/mol. The van der Waals surface area contributed by atoms with Crippen molar-refractivity contribution in [1.29, 1.82) is 0 Å². The molecule has 0 atom stereocenters. The molecule has 0 bridgehead atoms. The van der Waals surface area contributed by atoms with Gasteiger partial charge in [0.1, 0.15) is 11.6 Å². The first-order chi connectivity index (χ1) is 14.0. The summed E-state index contributed by atoms with van der Waals surface area (Å²) in [4.78, 5) is 42.6. The number of aromatic nitrogens is 2. The van der Waals surface area contributed by atoms with E-state index in [2.05, 4.69) is 15.3 Å². The summed E-state index contributed by atoms with van der Waals surface area (Å²) in [5.41, 5.74) is 0.726. The number of amides is 1. The second kappa shape index (κ2) is 9.59. The number of halogens is 1. The lowest BCUT2D eigenvalue weighted by Crippen LogP contribution is -2.28. The summed E-state index contributed by atoms with van der Waals surface area (Å²) < 4.78 is 18.4. The standard InChI is InChI=1S/C21H20FN3O4/c22-16-8-3-1-6-14(16)12-23-19(26)13-29-20(27)11-5-10-18-24-17-9-4-2-7-15(17)21(28)25-18/h1-4,6-9H,5,10-13H2,(H,23,26)(H,24,25,28). The van der Waals surface area contributed by atoms with Gasteiger partial charge in [-0.05, 0) is 24.6 Å². The zero-order chi connectivity index (χ0) is 20.6. The van der Waals surface area contributed by atoms with E-state index in [0.717, 1.165) is 0 Å². The fourth-order valence-electron chi connectivity index (χ4n) is 2.76. The fraction of sp³-hybridized carbons (Fsp3) is 0.238. The molecule has 0 fully saturated rings. The largest absolute Gasteiger partial charge is 0.456 e. The van der Waals surface area contributed by atoms with E-state index >= 15 is 0 Å². The van der Waals surface area contributed by atoms with E-state index in [-0.39, 0.29) is 18.5 Å². The van der Waals surface area contributed by atoms with Gasteiger partial charge >= 0.3 is 5.97 Å². The molecule has 0 aliphatic carbocycles. The summed E-state index contributed by atoms with van der Waals surface area (Å²) in [6.07, 6.45) is 0.892. The number of esters is 1. The maximum atomic E-state index is 13.5. The molecule has 0 aliphatic rings. The first kappa shape index (κ1) is 20.2. The molecule has 1 amide bonds. The molecule has 0 aliphatic heterocycles. The fourth-order valence-corrected chi connectivity index (χ4v) is 2.76. The van der Waals surface area contributed by atoms with Gasteiger partial charge < -0.3 is 15.0 Å². The van der Waals surface area contributed by atoms with E-state index in [4.69, 9.17) is 4.74 Å². The molecule has 1 heterocycles. The summed E-state index contributed by atoms with van der Waals surface area (Å²) in [5.74, 6) is -0.967. The van der Waals surface area contributed by atoms with Gasteiger partial charge in [0.2, 0.25) is 0 Å². The average molecular weight is 397 g/mol. The molecule has 0 saturated carbocycles. The Morgan fingerprint density at radius 1 is 1.10 bits per heavy atom. The Labute approximate surface area is 165 Å². The molecule has 8 heteroatoms. The smallest absolute Gasteiger partial charge is 0.306 e. The lowest BCUT2D eigenvalue weighted by atomic mass is 10.2. The van der Waals surface area contributed by atoms with Gasteiger partial charge in [0.05, 0.1) is 10.9 Å². The Hall–Kier alpha value is -3.55. The average Bonchev–Trinajstić information content (AvgIpc) is 2.72. The highest BCUT2D eigenvalue weighted by atomic mass is 19.1. The number of nitrogens with zero attached hydrogens (tertiary/aromatic N) is 1. The second-order valence-corrected chi connectivity index (χ2v) is 6.41. The molecule has 150 valence electrons. The van der Waals surface area contributed by atoms with Gasteiger partial charge in [-0.1, -0.05) is 30.3 Å². The van der Waals surface area contributed by atoms with Gasteiger partial charge in [-0.3, -0.25) is 14.4 Å². The first-order valence-electron chi connectivity index (χ1n) is 9.16. The lowest BCUT2D eigenvalue weighted by molar-refractivity contribution is -0.148. The second-order valence-electron chi connectivity index (χ2n) is 6.41. The van der Waals surface area contributed by atoms with Gasteiger partial charge in [0, 0.05) is 24.9 Å². The van der Waals surface area contributed by atoms with Crippen LogP contribution in [0.15, 0.2) is 53.3 Å². The van der Waals surface area contributed by atoms with Crippen molar-refractivity contribution in [2.75, 3.05) is 6.61 Å². The molecule has 29 heavy (non-hydrogen) atoms. The number of H-pyrrole nitrogens is 1. The van der Waals surface area contributed by atoms with Gasteiger partial charge in [-0.2, -0.15) is 0 Å². The number of aryl methyl sites for hydroxylation is 1. The quantitative estimate of drug-likeness (QED) is 0.568. The maximum absolute atomic E-state index is 13.5. The first-order valence-corrected chi connectivity index (χ1v) is 9.16. The molecule has 0 radical (unpaired) electrons. The number of ether oxygens (including phenoxy) is 1. The van der Waals surface area contributed by atoms with Crippen LogP contribution in [0.5, 0.6) is 0 Å². The van der Waals surface area contributed by atoms with Crippen molar-refractivity contribution in [2.24, 2.45) is 0 Å². The number of carbonyl (C=O) groups excluding carboxylic acids is 2. The number of rotatable bonds is 8. The number of nitrogens with one attached hydrogen (secondary N) is 2. The highest BCUT2D eigenvalue weighted by Gasteiger charge is 2.10. The third-order valence-corrected chi connectivity index (χ3v) is 4.25. The van der Waals surface area contributed by atoms with Crippen molar-refractivity contribution >= 4 is 22.8 Å². The van der Waals surface area contributed by atoms with E-state index in [1.165, 1.54) is 6.07 Å². The Morgan fingerprint density at radius 2 is 1.86 bits per heavy atom. The van der Waals surface area contributed by atoms with Gasteiger partial charge in [0.15, 0.2) is 6.61 Å². The van der Waals surface area contributed by atoms with E-state index in [1.807, 2.05) is 0 Å². The van der Waals surface area contributed by atoms with Crippen LogP contribution >= 0.6 is 0 Å². The summed E-state index contributed by atoms with van der Waals surface area (Å²) in [6, 6.07) is 13.1. The Balaban J connectivity index is 1.39. The number of fused-ring (bicyclic) bond motifs is 1. The van der Waals surface area contributed by atoms with Crippen molar-refractivity contribution in [1.82, 2.24) is 15.3 Å². The number of carbonyl (C=O) groups is 2. The van der Waals surface area contributed by atoms with E-state index in [1.54, 1.807) is 42.5 Å². The summed E-state index contributed by atoms with van der Waals surface area (Å²) >= 11 is 0. The number of aromatic amines is 1. The van der Waals surface area contributed by atoms with Crippen molar-refractivity contribution in [3.63, 3.8) is 0 Å². The van der Waals surface area contributed by atoms with Crippen molar-refractivity contribution in [3.05, 3.63) is 76.1 Å². The van der Waals surface area contributed by atoms with Gasteiger partial charge in [-0.15, -0.1) is 0 Å². The Bertz CT molecular complexity index is 1080. The SMILES string of the molecule is O=C(COC(=O)CCCc1nc2ccccc2c(=O)[nH]1)NCc1ccccc1F. The molecule has 1 aromatic heterocycles. The van der Waals surface area contributed by atoms with Crippen molar-refractivity contribution in [2.45, 2.75) is 25.8 Å². The predicted octanol–water partition coefficient (Wildman–Crippen LogP) is 2.24. The number of benzene rings is 2. The van der Waals surface area contributed by atoms with Crippen LogP contribution in [-0.2, 0) is 27.3 Å². The van der Waals surface area contributed by atoms with Crippen LogP contribution in [0.4, 0.5) is 4.39 Å². The minimum atomic E-state index is -0.533. The topological polar surface area (TPSA) is 101 Å². The van der Waals surface area contributed by atoms with Crippen LogP contribution < -0.4 is 10.9 Å². The molecule has 0 spiro atoms. The molecular weight excluding hydrogens is 377 g/mol. The number of hydrogen-bond donors (Lipinski definition) is 2. The van der Waals surface area contributed by atoms with Crippen LogP contribution in [0.1, 0.15) is 24.2 Å². The van der Waals surface area contributed by atoms with Crippen LogP contribution in [0.2, 0.25) is 0 Å². The Kier molecular flexibility index (Phi) is 6.67. The molecule has 7 nitrogen and oxygen atoms in total. The lowest BCUT2D eigenvalue weighted by Gasteiger charge is -2.07. The minimum absolute atomic E-state index is 0.0179. The predicted molar refractivity (Wildman–Crippen MR) is 105 cm³/mol. The van der Waals surface area contributed by atoms with Crippen molar-refractivity contribution in [3.8, 4) is 0 Å². The number of para-hydroxylation sites is 1. The molecule has 0 unspecified atom stereocenters. The summed E-state index contributed by atoms with van der Waals surface area (Å²) in [7, 11) is 0. The van der Waals surface area contributed by atoms with E-state index in [0.29, 0.717) is 35.1 Å². The summed E-state index contributed by atoms with van der Waals surface area (Å²) in [6.45, 7) is -0.414. The molecule has 2 aromatic carbocycles. The van der Waals surface area contributed by atoms with Gasteiger partial charge in [0.25, 0.3) is 11.5 Å². The number of hydrogen-bond acceptors (Lipinski definition) is 5. The highest BCUT2D eigenvalue weighted by molar-refractivity contribution is 5.80. The van der Waals surface area contributed by atoms with E-state index in [9.17, 15) is 18.8 Å². The minimum Gasteiger partial charge on any atom is -0.456 e. The molecule has 0 saturated heterocycles. The molecular formula is C21H20FN3O4. The zero-order valence-corrected chi connectivity index (χ0v) is 15.6. The Morgan fingerprint density at radius 3 is 2.69 bits per heavy atom. The molecule has 3 rings (SSSR count). The highest BCUT2D eigenvalue weighted by Crippen LogP contribution is 2.08. The van der Waals surface area contributed by atoms with E-state index < -0.39 is 24.3 Å². The van der Waals surface area contributed by atoms with Crippen LogP contribution in [0.25, 0.3) is 10.9 Å². The normalized spacial score (nSPS) is 10.7. The maximum Gasteiger partial charge on any atom is 0.306 e. The molecule has 3 aromatic rings. The van der Waals surface area contributed by atoms with Gasteiger partial charge in [-0.25, -0.2) is 9.37 Å². The molecule has 2 N–H and O–H groups in total. The summed E-state index contributed by atoms with van der Waals surface area (Å²) in [5, 5.41) is 3.01. The van der Waals surface area contributed by atoms with Crippen molar-refractivity contribution < 1.29 is 18.7 Å². The van der Waals surface area contributed by atoms with Crippen LogP contribution in [0, 0.1) is 5.82 Å². The zero-order valence-electron chi connectivity index (χ0n) is 15.6. The third-order valence-electron chi connectivity index (χ3n) is 4.25.